The molecule has 3 heteroatoms. The molecule has 0 radical (unpaired) electrons. The Kier molecular flexibility index (Phi) is 4.28. The fourth-order valence-corrected chi connectivity index (χ4v) is 3.12. The van der Waals surface area contributed by atoms with Crippen LogP contribution in [-0.2, 0) is 17.2 Å². The summed E-state index contributed by atoms with van der Waals surface area (Å²) in [4.78, 5) is 1.69. The van der Waals surface area contributed by atoms with Crippen LogP contribution in [0.3, 0.4) is 0 Å². The second-order valence-corrected chi connectivity index (χ2v) is 5.82. The van der Waals surface area contributed by atoms with Crippen LogP contribution in [0.1, 0.15) is 12.5 Å². The van der Waals surface area contributed by atoms with E-state index in [1.807, 2.05) is 61.5 Å². The summed E-state index contributed by atoms with van der Waals surface area (Å²) in [6.45, 7) is 1.96. The van der Waals surface area contributed by atoms with Crippen molar-refractivity contribution in [3.05, 3.63) is 60.2 Å². The lowest BCUT2D eigenvalue weighted by atomic mass is 10.1. The molecule has 0 saturated carbocycles. The quantitative estimate of drug-likeness (QED) is 0.917. The van der Waals surface area contributed by atoms with Gasteiger partial charge in [0, 0.05) is 15.8 Å². The topological polar surface area (TPSA) is 43.1 Å². The van der Waals surface area contributed by atoms with Crippen LogP contribution in [0, 0.1) is 0 Å². The largest absolute Gasteiger partial charge is 0.328 e. The average molecular weight is 259 g/mol. The van der Waals surface area contributed by atoms with E-state index < -0.39 is 10.8 Å². The average Bonchev–Trinajstić information content (AvgIpc) is 2.39. The summed E-state index contributed by atoms with van der Waals surface area (Å²) >= 11 is 0. The zero-order valence-corrected chi connectivity index (χ0v) is 11.2. The van der Waals surface area contributed by atoms with Crippen LogP contribution >= 0.6 is 0 Å². The van der Waals surface area contributed by atoms with Crippen molar-refractivity contribution in [2.24, 2.45) is 5.73 Å². The van der Waals surface area contributed by atoms with Gasteiger partial charge >= 0.3 is 0 Å². The fraction of sp³-hybridized carbons (Fsp3) is 0.200. The molecule has 2 aromatic rings. The lowest BCUT2D eigenvalue weighted by molar-refractivity contribution is 0.679. The molecule has 2 aromatic carbocycles. The Morgan fingerprint density at radius 1 is 1.06 bits per heavy atom. The Morgan fingerprint density at radius 3 is 2.33 bits per heavy atom. The predicted octanol–water partition coefficient (Wildman–Crippen LogP) is 2.74. The van der Waals surface area contributed by atoms with Gasteiger partial charge in [0.2, 0.25) is 0 Å². The standard InChI is InChI=1S/C15H17NOS/c1-12(16)11-13-7-5-6-10-15(13)18(17)14-8-3-2-4-9-14/h2-10,12H,11,16H2,1H3/t12-,18-/m0/s1. The molecule has 2 rings (SSSR count). The maximum atomic E-state index is 12.5. The second kappa shape index (κ2) is 5.94. The minimum atomic E-state index is -1.13. The molecule has 0 aliphatic rings. The van der Waals surface area contributed by atoms with E-state index in [2.05, 4.69) is 0 Å². The van der Waals surface area contributed by atoms with Crippen LogP contribution in [-0.4, -0.2) is 10.3 Å². The molecule has 0 saturated heterocycles. The third kappa shape index (κ3) is 3.06. The maximum Gasteiger partial charge on any atom is 0.0852 e. The number of benzene rings is 2. The molecular formula is C15H17NOS. The van der Waals surface area contributed by atoms with Gasteiger partial charge in [-0.1, -0.05) is 36.4 Å². The minimum Gasteiger partial charge on any atom is -0.328 e. The lowest BCUT2D eigenvalue weighted by Crippen LogP contribution is -2.18. The fourth-order valence-electron chi connectivity index (χ4n) is 1.87. The first kappa shape index (κ1) is 13.0. The molecule has 18 heavy (non-hydrogen) atoms. The molecule has 0 heterocycles. The van der Waals surface area contributed by atoms with Crippen molar-refractivity contribution < 1.29 is 4.21 Å². The summed E-state index contributed by atoms with van der Waals surface area (Å²) < 4.78 is 12.5. The SMILES string of the molecule is C[C@H](N)Cc1ccccc1[S@@](=O)c1ccccc1. The van der Waals surface area contributed by atoms with Crippen LogP contribution < -0.4 is 5.73 Å². The number of hydrogen-bond acceptors (Lipinski definition) is 2. The highest BCUT2D eigenvalue weighted by Crippen LogP contribution is 2.20. The molecule has 0 amide bonds. The van der Waals surface area contributed by atoms with Crippen molar-refractivity contribution in [1.29, 1.82) is 0 Å². The van der Waals surface area contributed by atoms with E-state index in [1.54, 1.807) is 0 Å². The van der Waals surface area contributed by atoms with Gasteiger partial charge in [0.25, 0.3) is 0 Å². The molecule has 0 aliphatic heterocycles. The summed E-state index contributed by atoms with van der Waals surface area (Å²) in [5.74, 6) is 0. The normalized spacial score (nSPS) is 14.1. The Balaban J connectivity index is 2.36. The van der Waals surface area contributed by atoms with Crippen LogP contribution in [0.2, 0.25) is 0 Å². The van der Waals surface area contributed by atoms with Crippen molar-refractivity contribution in [2.45, 2.75) is 29.2 Å². The highest BCUT2D eigenvalue weighted by molar-refractivity contribution is 7.85. The first-order valence-electron chi connectivity index (χ1n) is 5.99. The van der Waals surface area contributed by atoms with Crippen molar-refractivity contribution in [3.63, 3.8) is 0 Å². The van der Waals surface area contributed by atoms with Crippen molar-refractivity contribution in [2.75, 3.05) is 0 Å². The van der Waals surface area contributed by atoms with Gasteiger partial charge in [-0.15, -0.1) is 0 Å². The van der Waals surface area contributed by atoms with E-state index in [0.717, 1.165) is 21.8 Å². The van der Waals surface area contributed by atoms with E-state index in [4.69, 9.17) is 5.73 Å². The molecule has 94 valence electrons. The highest BCUT2D eigenvalue weighted by atomic mass is 32.2. The summed E-state index contributed by atoms with van der Waals surface area (Å²) in [7, 11) is -1.13. The Morgan fingerprint density at radius 2 is 1.67 bits per heavy atom. The van der Waals surface area contributed by atoms with Gasteiger partial charge in [0.05, 0.1) is 10.8 Å². The number of rotatable bonds is 4. The first-order valence-corrected chi connectivity index (χ1v) is 7.14. The van der Waals surface area contributed by atoms with Gasteiger partial charge in [-0.05, 0) is 37.1 Å². The van der Waals surface area contributed by atoms with Crippen LogP contribution in [0.15, 0.2) is 64.4 Å². The molecule has 0 aliphatic carbocycles. The summed E-state index contributed by atoms with van der Waals surface area (Å²) in [6.07, 6.45) is 0.745. The van der Waals surface area contributed by atoms with E-state index in [-0.39, 0.29) is 6.04 Å². The minimum absolute atomic E-state index is 0.0684. The van der Waals surface area contributed by atoms with Gasteiger partial charge in [-0.3, -0.25) is 0 Å². The number of nitrogens with two attached hydrogens (primary N) is 1. The Hall–Kier alpha value is -1.45. The zero-order chi connectivity index (χ0) is 13.0. The number of hydrogen-bond donors (Lipinski definition) is 1. The first-order chi connectivity index (χ1) is 8.68. The Bertz CT molecular complexity index is 537. The monoisotopic (exact) mass is 259 g/mol. The lowest BCUT2D eigenvalue weighted by Gasteiger charge is -2.11. The van der Waals surface area contributed by atoms with Gasteiger partial charge in [-0.25, -0.2) is 4.21 Å². The van der Waals surface area contributed by atoms with E-state index in [0.29, 0.717) is 0 Å². The molecule has 2 nitrogen and oxygen atoms in total. The molecule has 0 spiro atoms. The molecule has 0 fully saturated rings. The summed E-state index contributed by atoms with van der Waals surface area (Å²) in [5.41, 5.74) is 6.90. The van der Waals surface area contributed by atoms with Crippen molar-refractivity contribution in [3.8, 4) is 0 Å². The van der Waals surface area contributed by atoms with Gasteiger partial charge < -0.3 is 5.73 Å². The summed E-state index contributed by atoms with van der Waals surface area (Å²) in [6, 6.07) is 17.4. The predicted molar refractivity (Wildman–Crippen MR) is 74.9 cm³/mol. The molecule has 0 bridgehead atoms. The van der Waals surface area contributed by atoms with Crippen molar-refractivity contribution >= 4 is 10.8 Å². The molecule has 2 atom stereocenters. The van der Waals surface area contributed by atoms with Crippen LogP contribution in [0.25, 0.3) is 0 Å². The van der Waals surface area contributed by atoms with E-state index in [9.17, 15) is 4.21 Å². The third-order valence-corrected chi connectivity index (χ3v) is 4.17. The van der Waals surface area contributed by atoms with E-state index in [1.165, 1.54) is 0 Å². The van der Waals surface area contributed by atoms with Crippen molar-refractivity contribution in [1.82, 2.24) is 0 Å². The van der Waals surface area contributed by atoms with Gasteiger partial charge in [-0.2, -0.15) is 0 Å². The Labute approximate surface area is 110 Å². The summed E-state index contributed by atoms with van der Waals surface area (Å²) in [5, 5.41) is 0. The van der Waals surface area contributed by atoms with Crippen LogP contribution in [0.4, 0.5) is 0 Å². The zero-order valence-electron chi connectivity index (χ0n) is 10.4. The smallest absolute Gasteiger partial charge is 0.0852 e. The highest BCUT2D eigenvalue weighted by Gasteiger charge is 2.12. The third-order valence-electron chi connectivity index (χ3n) is 2.67. The van der Waals surface area contributed by atoms with E-state index >= 15 is 0 Å². The van der Waals surface area contributed by atoms with Gasteiger partial charge in [0.1, 0.15) is 0 Å². The molecular weight excluding hydrogens is 242 g/mol. The van der Waals surface area contributed by atoms with Gasteiger partial charge in [0.15, 0.2) is 0 Å². The molecule has 0 unspecified atom stereocenters. The van der Waals surface area contributed by atoms with Crippen LogP contribution in [0.5, 0.6) is 0 Å². The molecule has 0 aromatic heterocycles. The molecule has 2 N–H and O–H groups in total. The maximum absolute atomic E-state index is 12.5. The second-order valence-electron chi connectivity index (χ2n) is 4.37.